The third-order valence-corrected chi connectivity index (χ3v) is 3.36. The molecule has 0 radical (unpaired) electrons. The van der Waals surface area contributed by atoms with Crippen molar-refractivity contribution in [2.45, 2.75) is 58.3 Å². The molecular weight excluding hydrogens is 332 g/mol. The van der Waals surface area contributed by atoms with Crippen molar-refractivity contribution >= 4 is 23.7 Å². The summed E-state index contributed by atoms with van der Waals surface area (Å²) in [6, 6.07) is -4.25. The molecule has 0 bridgehead atoms. The number of carboxylic acid groups (broad SMARTS) is 1. The van der Waals surface area contributed by atoms with Crippen LogP contribution in [0.4, 0.5) is 0 Å². The summed E-state index contributed by atoms with van der Waals surface area (Å²) in [6.45, 7) is 5.74. The zero-order chi connectivity index (χ0) is 19.7. The van der Waals surface area contributed by atoms with Crippen LogP contribution in [0, 0.1) is 5.92 Å². The highest BCUT2D eigenvalue weighted by molar-refractivity contribution is 5.93. The first-order valence-corrected chi connectivity index (χ1v) is 7.99. The van der Waals surface area contributed by atoms with Gasteiger partial charge in [-0.25, -0.2) is 0 Å². The minimum Gasteiger partial charge on any atom is -0.480 e. The van der Waals surface area contributed by atoms with Crippen LogP contribution < -0.4 is 21.7 Å². The zero-order valence-electron chi connectivity index (χ0n) is 14.9. The Kier molecular flexibility index (Phi) is 9.69. The molecule has 0 spiro atoms. The predicted molar refractivity (Wildman–Crippen MR) is 89.3 cm³/mol. The van der Waals surface area contributed by atoms with E-state index in [4.69, 9.17) is 10.8 Å². The second kappa shape index (κ2) is 10.6. The lowest BCUT2D eigenvalue weighted by Crippen LogP contribution is -2.57. The van der Waals surface area contributed by atoms with Crippen LogP contribution in [0.2, 0.25) is 0 Å². The van der Waals surface area contributed by atoms with Crippen molar-refractivity contribution in [2.24, 2.45) is 11.7 Å². The van der Waals surface area contributed by atoms with Crippen LogP contribution in [-0.2, 0) is 19.2 Å². The minimum atomic E-state index is -1.27. The van der Waals surface area contributed by atoms with Gasteiger partial charge in [0, 0.05) is 0 Å². The van der Waals surface area contributed by atoms with E-state index in [0.29, 0.717) is 6.42 Å². The Bertz CT molecular complexity index is 496. The van der Waals surface area contributed by atoms with Crippen LogP contribution in [0.15, 0.2) is 0 Å². The number of carbonyl (C=O) groups is 4. The minimum absolute atomic E-state index is 0.182. The molecule has 0 saturated carbocycles. The van der Waals surface area contributed by atoms with Gasteiger partial charge in [0.05, 0.1) is 12.6 Å². The molecule has 0 saturated heterocycles. The smallest absolute Gasteiger partial charge is 0.325 e. The average molecular weight is 360 g/mol. The Morgan fingerprint density at radius 2 is 1.40 bits per heavy atom. The van der Waals surface area contributed by atoms with Crippen LogP contribution in [0.1, 0.15) is 34.1 Å². The Morgan fingerprint density at radius 3 is 1.84 bits per heavy atom. The number of aliphatic carboxylic acids is 1. The number of nitrogens with one attached hydrogen (secondary N) is 3. The number of aliphatic hydroxyl groups excluding tert-OH is 1. The van der Waals surface area contributed by atoms with Crippen molar-refractivity contribution in [3.63, 3.8) is 0 Å². The topological polar surface area (TPSA) is 171 Å². The van der Waals surface area contributed by atoms with Gasteiger partial charge in [-0.05, 0) is 26.2 Å². The van der Waals surface area contributed by atoms with Gasteiger partial charge in [-0.15, -0.1) is 0 Å². The number of hydrogen-bond acceptors (Lipinski definition) is 6. The molecule has 10 heteroatoms. The quantitative estimate of drug-likeness (QED) is 0.260. The second-order valence-electron chi connectivity index (χ2n) is 6.28. The molecule has 0 aliphatic rings. The van der Waals surface area contributed by atoms with Gasteiger partial charge in [-0.3, -0.25) is 19.2 Å². The monoisotopic (exact) mass is 360 g/mol. The molecule has 0 heterocycles. The van der Waals surface area contributed by atoms with E-state index in [-0.39, 0.29) is 5.92 Å². The first kappa shape index (κ1) is 22.8. The maximum absolute atomic E-state index is 12.1. The normalized spacial score (nSPS) is 15.6. The van der Waals surface area contributed by atoms with E-state index in [1.165, 1.54) is 13.8 Å². The summed E-state index contributed by atoms with van der Waals surface area (Å²) in [4.78, 5) is 46.5. The summed E-state index contributed by atoms with van der Waals surface area (Å²) < 4.78 is 0. The molecule has 0 aliphatic heterocycles. The van der Waals surface area contributed by atoms with E-state index in [1.54, 1.807) is 0 Å². The molecule has 7 N–H and O–H groups in total. The van der Waals surface area contributed by atoms with E-state index in [9.17, 15) is 24.3 Å². The Labute approximate surface area is 146 Å². The van der Waals surface area contributed by atoms with Gasteiger partial charge in [0.1, 0.15) is 18.1 Å². The predicted octanol–water partition coefficient (Wildman–Crippen LogP) is -2.07. The SMILES string of the molecule is CC(C)CC(N)C(=O)NC(CO)C(=O)NC(C)C(=O)NC(C)C(=O)O. The second-order valence-corrected chi connectivity index (χ2v) is 6.28. The van der Waals surface area contributed by atoms with Gasteiger partial charge in [-0.1, -0.05) is 13.8 Å². The lowest BCUT2D eigenvalue weighted by molar-refractivity contribution is -0.141. The van der Waals surface area contributed by atoms with Crippen LogP contribution in [0.25, 0.3) is 0 Å². The fourth-order valence-electron chi connectivity index (χ4n) is 1.87. The number of amides is 3. The molecule has 0 aromatic carbocycles. The highest BCUT2D eigenvalue weighted by Crippen LogP contribution is 2.03. The Balaban J connectivity index is 4.65. The van der Waals surface area contributed by atoms with Crippen molar-refractivity contribution in [3.05, 3.63) is 0 Å². The average Bonchev–Trinajstić information content (AvgIpc) is 2.50. The summed E-state index contributed by atoms with van der Waals surface area (Å²) in [5.41, 5.74) is 5.71. The van der Waals surface area contributed by atoms with E-state index in [2.05, 4.69) is 16.0 Å². The highest BCUT2D eigenvalue weighted by atomic mass is 16.4. The van der Waals surface area contributed by atoms with Crippen LogP contribution in [0.5, 0.6) is 0 Å². The maximum atomic E-state index is 12.1. The molecule has 0 aliphatic carbocycles. The summed E-state index contributed by atoms with van der Waals surface area (Å²) in [5, 5.41) is 24.8. The van der Waals surface area contributed by atoms with Gasteiger partial charge in [0.15, 0.2) is 0 Å². The molecule has 0 rings (SSSR count). The largest absolute Gasteiger partial charge is 0.480 e. The molecule has 4 unspecified atom stereocenters. The third kappa shape index (κ3) is 8.45. The number of rotatable bonds is 10. The number of nitrogens with two attached hydrogens (primary N) is 1. The summed E-state index contributed by atoms with van der Waals surface area (Å²) in [6.07, 6.45) is 0.414. The molecule has 0 aromatic rings. The molecule has 0 aromatic heterocycles. The van der Waals surface area contributed by atoms with Gasteiger partial charge in [-0.2, -0.15) is 0 Å². The first-order valence-electron chi connectivity index (χ1n) is 7.99. The molecular formula is C15H28N4O6. The van der Waals surface area contributed by atoms with E-state index in [0.717, 1.165) is 0 Å². The van der Waals surface area contributed by atoms with Crippen LogP contribution in [0.3, 0.4) is 0 Å². The molecule has 10 nitrogen and oxygen atoms in total. The van der Waals surface area contributed by atoms with Crippen molar-refractivity contribution < 1.29 is 29.4 Å². The van der Waals surface area contributed by atoms with Crippen molar-refractivity contribution in [1.82, 2.24) is 16.0 Å². The third-order valence-electron chi connectivity index (χ3n) is 3.36. The van der Waals surface area contributed by atoms with Gasteiger partial charge >= 0.3 is 5.97 Å². The number of carboxylic acids is 1. The summed E-state index contributed by atoms with van der Waals surface area (Å²) >= 11 is 0. The molecule has 144 valence electrons. The van der Waals surface area contributed by atoms with Crippen LogP contribution >= 0.6 is 0 Å². The van der Waals surface area contributed by atoms with Gasteiger partial charge in [0.25, 0.3) is 0 Å². The van der Waals surface area contributed by atoms with Crippen molar-refractivity contribution in [2.75, 3.05) is 6.61 Å². The standard InChI is InChI=1S/C15H28N4O6/c1-7(2)5-10(16)13(22)19-11(6-20)14(23)17-8(3)12(21)18-9(4)15(24)25/h7-11,20H,5-6,16H2,1-4H3,(H,17,23)(H,18,21)(H,19,22)(H,24,25). The number of carbonyl (C=O) groups excluding carboxylic acids is 3. The van der Waals surface area contributed by atoms with Crippen molar-refractivity contribution in [1.29, 1.82) is 0 Å². The fraction of sp³-hybridized carbons (Fsp3) is 0.733. The Hall–Kier alpha value is -2.20. The lowest BCUT2D eigenvalue weighted by Gasteiger charge is -2.22. The van der Waals surface area contributed by atoms with E-state index in [1.807, 2.05) is 13.8 Å². The van der Waals surface area contributed by atoms with Gasteiger partial charge < -0.3 is 31.9 Å². The number of aliphatic hydroxyl groups is 1. The lowest BCUT2D eigenvalue weighted by atomic mass is 10.0. The van der Waals surface area contributed by atoms with Crippen LogP contribution in [-0.4, -0.2) is 64.7 Å². The highest BCUT2D eigenvalue weighted by Gasteiger charge is 2.27. The molecule has 0 fully saturated rings. The molecule has 3 amide bonds. The zero-order valence-corrected chi connectivity index (χ0v) is 14.9. The number of hydrogen-bond donors (Lipinski definition) is 6. The molecule has 4 atom stereocenters. The fourth-order valence-corrected chi connectivity index (χ4v) is 1.87. The van der Waals surface area contributed by atoms with E-state index >= 15 is 0 Å². The molecule has 25 heavy (non-hydrogen) atoms. The summed E-state index contributed by atoms with van der Waals surface area (Å²) in [7, 11) is 0. The maximum Gasteiger partial charge on any atom is 0.325 e. The van der Waals surface area contributed by atoms with E-state index < -0.39 is 54.5 Å². The summed E-state index contributed by atoms with van der Waals surface area (Å²) in [5.74, 6) is -3.10. The Morgan fingerprint density at radius 1 is 0.880 bits per heavy atom. The van der Waals surface area contributed by atoms with Crippen molar-refractivity contribution in [3.8, 4) is 0 Å². The van der Waals surface area contributed by atoms with Gasteiger partial charge in [0.2, 0.25) is 17.7 Å². The first-order chi connectivity index (χ1) is 11.5.